The van der Waals surface area contributed by atoms with E-state index in [-0.39, 0.29) is 18.4 Å². The standard InChI is InChI=1S/C26H26N2O2/c1-18-12-13-21(14-19(18)2)30-17-26(29)28-15-23(20-8-4-3-5-9-20)24-16-27-25-11-7-6-10-22(24)25/h3-14,16,23,27H,15,17H2,1-2H3,(H,28,29)/t23-/m1/s1. The highest BCUT2D eigenvalue weighted by Crippen LogP contribution is 2.30. The van der Waals surface area contributed by atoms with Gasteiger partial charge in [-0.25, -0.2) is 0 Å². The summed E-state index contributed by atoms with van der Waals surface area (Å²) < 4.78 is 5.68. The second kappa shape index (κ2) is 8.87. The molecule has 0 spiro atoms. The van der Waals surface area contributed by atoms with Crippen LogP contribution in [0.15, 0.2) is 79.0 Å². The first-order chi connectivity index (χ1) is 14.6. The molecule has 0 fully saturated rings. The summed E-state index contributed by atoms with van der Waals surface area (Å²) in [4.78, 5) is 15.8. The Morgan fingerprint density at radius 1 is 0.967 bits per heavy atom. The van der Waals surface area contributed by atoms with Crippen molar-refractivity contribution in [3.8, 4) is 5.75 Å². The van der Waals surface area contributed by atoms with E-state index in [1.807, 2.05) is 61.7 Å². The van der Waals surface area contributed by atoms with Crippen LogP contribution in [0.3, 0.4) is 0 Å². The molecule has 0 aliphatic rings. The van der Waals surface area contributed by atoms with E-state index in [0.29, 0.717) is 12.3 Å². The lowest BCUT2D eigenvalue weighted by molar-refractivity contribution is -0.123. The van der Waals surface area contributed by atoms with Gasteiger partial charge in [0.15, 0.2) is 6.61 Å². The molecule has 1 amide bonds. The third-order valence-electron chi connectivity index (χ3n) is 5.55. The summed E-state index contributed by atoms with van der Waals surface area (Å²) in [6.45, 7) is 4.59. The summed E-state index contributed by atoms with van der Waals surface area (Å²) in [5, 5.41) is 4.23. The second-order valence-electron chi connectivity index (χ2n) is 7.59. The predicted molar refractivity (Wildman–Crippen MR) is 121 cm³/mol. The molecule has 152 valence electrons. The maximum Gasteiger partial charge on any atom is 0.257 e. The van der Waals surface area contributed by atoms with Crippen molar-refractivity contribution in [3.63, 3.8) is 0 Å². The molecule has 1 aromatic heterocycles. The molecule has 1 heterocycles. The number of ether oxygens (including phenoxy) is 1. The Balaban J connectivity index is 1.47. The largest absolute Gasteiger partial charge is 0.484 e. The summed E-state index contributed by atoms with van der Waals surface area (Å²) in [6, 6.07) is 24.4. The molecule has 1 atom stereocenters. The minimum absolute atomic E-state index is 0.00209. The topological polar surface area (TPSA) is 54.1 Å². The molecule has 0 unspecified atom stereocenters. The van der Waals surface area contributed by atoms with E-state index in [1.54, 1.807) is 0 Å². The Morgan fingerprint density at radius 3 is 2.53 bits per heavy atom. The van der Waals surface area contributed by atoms with Gasteiger partial charge in [-0.05, 0) is 54.3 Å². The van der Waals surface area contributed by atoms with E-state index in [2.05, 4.69) is 41.5 Å². The number of para-hydroxylation sites is 1. The molecule has 0 aliphatic carbocycles. The smallest absolute Gasteiger partial charge is 0.257 e. The normalized spacial score (nSPS) is 11.9. The number of fused-ring (bicyclic) bond motifs is 1. The van der Waals surface area contributed by atoms with Crippen molar-refractivity contribution < 1.29 is 9.53 Å². The molecule has 0 saturated carbocycles. The molecule has 0 aliphatic heterocycles. The molecule has 2 N–H and O–H groups in total. The molecule has 30 heavy (non-hydrogen) atoms. The number of nitrogens with one attached hydrogen (secondary N) is 2. The van der Waals surface area contributed by atoms with Gasteiger partial charge in [-0.15, -0.1) is 0 Å². The van der Waals surface area contributed by atoms with Gasteiger partial charge in [0.05, 0.1) is 0 Å². The third kappa shape index (κ3) is 4.38. The van der Waals surface area contributed by atoms with Crippen molar-refractivity contribution in [1.82, 2.24) is 10.3 Å². The average Bonchev–Trinajstić information content (AvgIpc) is 3.19. The number of rotatable bonds is 7. The molecule has 4 rings (SSSR count). The number of amides is 1. The highest BCUT2D eigenvalue weighted by Gasteiger charge is 2.19. The van der Waals surface area contributed by atoms with Gasteiger partial charge in [0.25, 0.3) is 5.91 Å². The van der Waals surface area contributed by atoms with Crippen LogP contribution >= 0.6 is 0 Å². The van der Waals surface area contributed by atoms with E-state index >= 15 is 0 Å². The number of benzene rings is 3. The fourth-order valence-electron chi connectivity index (χ4n) is 3.69. The minimum atomic E-state index is -0.131. The quantitative estimate of drug-likeness (QED) is 0.454. The van der Waals surface area contributed by atoms with Crippen LogP contribution in [-0.4, -0.2) is 24.0 Å². The zero-order valence-corrected chi connectivity index (χ0v) is 17.3. The van der Waals surface area contributed by atoms with Crippen LogP contribution in [0.2, 0.25) is 0 Å². The van der Waals surface area contributed by atoms with Gasteiger partial charge in [-0.3, -0.25) is 4.79 Å². The zero-order chi connectivity index (χ0) is 20.9. The van der Waals surface area contributed by atoms with Gasteiger partial charge < -0.3 is 15.0 Å². The molecular weight excluding hydrogens is 372 g/mol. The zero-order valence-electron chi connectivity index (χ0n) is 17.3. The van der Waals surface area contributed by atoms with E-state index in [9.17, 15) is 4.79 Å². The van der Waals surface area contributed by atoms with Crippen LogP contribution in [0.5, 0.6) is 5.75 Å². The second-order valence-corrected chi connectivity index (χ2v) is 7.59. The van der Waals surface area contributed by atoms with Gasteiger partial charge in [0, 0.05) is 29.6 Å². The molecule has 0 bridgehead atoms. The van der Waals surface area contributed by atoms with Crippen LogP contribution in [0.4, 0.5) is 0 Å². The van der Waals surface area contributed by atoms with Crippen LogP contribution < -0.4 is 10.1 Å². The number of carbonyl (C=O) groups is 1. The number of aryl methyl sites for hydroxylation is 2. The van der Waals surface area contributed by atoms with Gasteiger partial charge >= 0.3 is 0 Å². The summed E-state index contributed by atoms with van der Waals surface area (Å²) in [5.41, 5.74) is 5.79. The Morgan fingerprint density at radius 2 is 1.73 bits per heavy atom. The highest BCUT2D eigenvalue weighted by atomic mass is 16.5. The average molecular weight is 399 g/mol. The molecule has 4 nitrogen and oxygen atoms in total. The highest BCUT2D eigenvalue weighted by molar-refractivity contribution is 5.84. The fourth-order valence-corrected chi connectivity index (χ4v) is 3.69. The first-order valence-electron chi connectivity index (χ1n) is 10.2. The lowest BCUT2D eigenvalue weighted by Crippen LogP contribution is -2.32. The molecule has 3 aromatic carbocycles. The molecule has 0 saturated heterocycles. The number of aromatic nitrogens is 1. The first kappa shape index (κ1) is 19.8. The lowest BCUT2D eigenvalue weighted by atomic mass is 9.91. The minimum Gasteiger partial charge on any atom is -0.484 e. The van der Waals surface area contributed by atoms with E-state index < -0.39 is 0 Å². The maximum atomic E-state index is 12.5. The number of carbonyl (C=O) groups excluding carboxylic acids is 1. The molecule has 0 radical (unpaired) electrons. The van der Waals surface area contributed by atoms with Crippen LogP contribution in [0.25, 0.3) is 10.9 Å². The van der Waals surface area contributed by atoms with Crippen molar-refractivity contribution >= 4 is 16.8 Å². The fraction of sp³-hybridized carbons (Fsp3) is 0.192. The van der Waals surface area contributed by atoms with Gasteiger partial charge in [0.1, 0.15) is 5.75 Å². The SMILES string of the molecule is Cc1ccc(OCC(=O)NC[C@H](c2ccccc2)c2c[nH]c3ccccc23)cc1C. The van der Waals surface area contributed by atoms with Gasteiger partial charge in [0.2, 0.25) is 0 Å². The Kier molecular flexibility index (Phi) is 5.84. The predicted octanol–water partition coefficient (Wildman–Crippen LogP) is 5.11. The number of H-pyrrole nitrogens is 1. The lowest BCUT2D eigenvalue weighted by Gasteiger charge is -2.18. The van der Waals surface area contributed by atoms with Crippen molar-refractivity contribution in [1.29, 1.82) is 0 Å². The van der Waals surface area contributed by atoms with Gasteiger partial charge in [-0.2, -0.15) is 0 Å². The van der Waals surface area contributed by atoms with Crippen LogP contribution in [0, 0.1) is 13.8 Å². The van der Waals surface area contributed by atoms with Crippen molar-refractivity contribution in [2.45, 2.75) is 19.8 Å². The summed E-state index contributed by atoms with van der Waals surface area (Å²) in [5.74, 6) is 0.631. The van der Waals surface area contributed by atoms with Crippen molar-refractivity contribution in [2.24, 2.45) is 0 Å². The van der Waals surface area contributed by atoms with Crippen LogP contribution in [0.1, 0.15) is 28.2 Å². The van der Waals surface area contributed by atoms with E-state index in [1.165, 1.54) is 16.5 Å². The van der Waals surface area contributed by atoms with E-state index in [0.717, 1.165) is 16.6 Å². The van der Waals surface area contributed by atoms with Crippen molar-refractivity contribution in [2.75, 3.05) is 13.2 Å². The number of hydrogen-bond donors (Lipinski definition) is 2. The molecule has 4 heteroatoms. The Bertz CT molecular complexity index is 1150. The monoisotopic (exact) mass is 398 g/mol. The molecule has 4 aromatic rings. The summed E-state index contributed by atoms with van der Waals surface area (Å²) >= 11 is 0. The maximum absolute atomic E-state index is 12.5. The Labute approximate surface area is 176 Å². The first-order valence-corrected chi connectivity index (χ1v) is 10.2. The van der Waals surface area contributed by atoms with Crippen molar-refractivity contribution in [3.05, 3.63) is 101 Å². The number of aromatic amines is 1. The third-order valence-corrected chi connectivity index (χ3v) is 5.55. The van der Waals surface area contributed by atoms with Crippen LogP contribution in [-0.2, 0) is 4.79 Å². The number of hydrogen-bond acceptors (Lipinski definition) is 2. The molecular formula is C26H26N2O2. The summed E-state index contributed by atoms with van der Waals surface area (Å²) in [7, 11) is 0. The summed E-state index contributed by atoms with van der Waals surface area (Å²) in [6.07, 6.45) is 2.04. The van der Waals surface area contributed by atoms with Gasteiger partial charge in [-0.1, -0.05) is 54.6 Å². The van der Waals surface area contributed by atoms with E-state index in [4.69, 9.17) is 4.74 Å². The Hall–Kier alpha value is -3.53.